The van der Waals surface area contributed by atoms with Gasteiger partial charge in [-0.1, -0.05) is 25.1 Å². The standard InChI is InChI=1S/C11H16O2S/c1-2-9-3-4-11-8-14(12,13)6-5-10(11)7-9/h3-4,7,12-13H,2,5-6,8H2,1H3. The number of fused-ring (bicyclic) bond motifs is 1. The van der Waals surface area contributed by atoms with Crippen molar-refractivity contribution in [2.24, 2.45) is 0 Å². The zero-order chi connectivity index (χ0) is 10.2. The van der Waals surface area contributed by atoms with E-state index in [1.807, 2.05) is 6.07 Å². The quantitative estimate of drug-likeness (QED) is 0.751. The minimum Gasteiger partial charge on any atom is -0.299 e. The average Bonchev–Trinajstić information content (AvgIpc) is 2.16. The second-order valence-electron chi connectivity index (χ2n) is 3.86. The van der Waals surface area contributed by atoms with Crippen molar-refractivity contribution < 1.29 is 9.11 Å². The normalized spacial score (nSPS) is 21.4. The molecule has 0 saturated heterocycles. The number of rotatable bonds is 1. The first kappa shape index (κ1) is 10.0. The molecule has 0 aliphatic carbocycles. The van der Waals surface area contributed by atoms with Gasteiger partial charge in [-0.05, 0) is 29.5 Å². The molecule has 2 N–H and O–H groups in total. The molecule has 0 amide bonds. The third kappa shape index (κ3) is 1.95. The Labute approximate surface area is 86.3 Å². The first-order chi connectivity index (χ1) is 6.61. The van der Waals surface area contributed by atoms with Gasteiger partial charge < -0.3 is 0 Å². The molecular weight excluding hydrogens is 196 g/mol. The van der Waals surface area contributed by atoms with Crippen LogP contribution in [0, 0.1) is 0 Å². The molecule has 2 rings (SSSR count). The Morgan fingerprint density at radius 3 is 2.79 bits per heavy atom. The van der Waals surface area contributed by atoms with Crippen molar-refractivity contribution in [2.75, 3.05) is 5.75 Å². The lowest BCUT2D eigenvalue weighted by Crippen LogP contribution is -2.16. The number of hydrogen-bond acceptors (Lipinski definition) is 2. The number of benzene rings is 1. The molecule has 1 aliphatic heterocycles. The van der Waals surface area contributed by atoms with Crippen LogP contribution in [0.2, 0.25) is 0 Å². The Morgan fingerprint density at radius 2 is 2.07 bits per heavy atom. The van der Waals surface area contributed by atoms with E-state index >= 15 is 0 Å². The molecule has 14 heavy (non-hydrogen) atoms. The summed E-state index contributed by atoms with van der Waals surface area (Å²) in [5.41, 5.74) is 3.76. The van der Waals surface area contributed by atoms with E-state index in [0.29, 0.717) is 11.5 Å². The number of aryl methyl sites for hydroxylation is 2. The first-order valence-electron chi connectivity index (χ1n) is 4.95. The molecule has 0 radical (unpaired) electrons. The maximum absolute atomic E-state index is 9.59. The van der Waals surface area contributed by atoms with Gasteiger partial charge in [0.05, 0.1) is 5.75 Å². The monoisotopic (exact) mass is 212 g/mol. The zero-order valence-corrected chi connectivity index (χ0v) is 9.18. The molecule has 1 heterocycles. The first-order valence-corrected chi connectivity index (χ1v) is 6.83. The highest BCUT2D eigenvalue weighted by molar-refractivity contribution is 8.23. The second-order valence-corrected chi connectivity index (χ2v) is 6.16. The van der Waals surface area contributed by atoms with Crippen molar-refractivity contribution in [3.63, 3.8) is 0 Å². The average molecular weight is 212 g/mol. The molecule has 78 valence electrons. The van der Waals surface area contributed by atoms with E-state index in [2.05, 4.69) is 19.1 Å². The minimum atomic E-state index is -2.32. The second kappa shape index (κ2) is 3.57. The molecule has 0 atom stereocenters. The van der Waals surface area contributed by atoms with Gasteiger partial charge in [0.2, 0.25) is 0 Å². The van der Waals surface area contributed by atoms with E-state index in [0.717, 1.165) is 18.4 Å². The van der Waals surface area contributed by atoms with Crippen LogP contribution < -0.4 is 0 Å². The van der Waals surface area contributed by atoms with Crippen molar-refractivity contribution in [3.8, 4) is 0 Å². The smallest absolute Gasteiger partial charge is 0.0627 e. The summed E-state index contributed by atoms with van der Waals surface area (Å²) in [5.74, 6) is 0.986. The minimum absolute atomic E-state index is 0.451. The molecule has 0 bridgehead atoms. The van der Waals surface area contributed by atoms with Crippen LogP contribution in [0.25, 0.3) is 0 Å². The predicted octanol–water partition coefficient (Wildman–Crippen LogP) is 3.06. The fourth-order valence-electron chi connectivity index (χ4n) is 1.87. The van der Waals surface area contributed by atoms with E-state index in [-0.39, 0.29) is 0 Å². The summed E-state index contributed by atoms with van der Waals surface area (Å²) < 4.78 is 19.2. The lowest BCUT2D eigenvalue weighted by atomic mass is 10.0. The molecule has 1 aromatic rings. The topological polar surface area (TPSA) is 40.5 Å². The van der Waals surface area contributed by atoms with E-state index in [4.69, 9.17) is 0 Å². The van der Waals surface area contributed by atoms with Crippen molar-refractivity contribution in [1.29, 1.82) is 0 Å². The molecule has 2 nitrogen and oxygen atoms in total. The summed E-state index contributed by atoms with van der Waals surface area (Å²) in [7, 11) is -2.32. The highest BCUT2D eigenvalue weighted by atomic mass is 32.3. The molecule has 1 aromatic carbocycles. The third-order valence-electron chi connectivity index (χ3n) is 2.76. The van der Waals surface area contributed by atoms with Gasteiger partial charge in [-0.15, -0.1) is 0 Å². The van der Waals surface area contributed by atoms with Crippen LogP contribution in [0.4, 0.5) is 0 Å². The summed E-state index contributed by atoms with van der Waals surface area (Å²) in [4.78, 5) is 0. The van der Waals surface area contributed by atoms with Crippen LogP contribution in [0.15, 0.2) is 18.2 Å². The SMILES string of the molecule is CCc1ccc2c(c1)CCS(O)(O)C2. The molecule has 1 aliphatic rings. The van der Waals surface area contributed by atoms with Crippen LogP contribution in [0.5, 0.6) is 0 Å². The Balaban J connectivity index is 2.32. The van der Waals surface area contributed by atoms with Gasteiger partial charge in [0.15, 0.2) is 0 Å². The summed E-state index contributed by atoms with van der Waals surface area (Å²) in [6, 6.07) is 6.32. The molecule has 0 saturated carbocycles. The maximum Gasteiger partial charge on any atom is 0.0627 e. The zero-order valence-electron chi connectivity index (χ0n) is 8.36. The largest absolute Gasteiger partial charge is 0.299 e. The molecule has 0 aromatic heterocycles. The van der Waals surface area contributed by atoms with Gasteiger partial charge in [-0.3, -0.25) is 9.11 Å². The van der Waals surface area contributed by atoms with Gasteiger partial charge in [0.25, 0.3) is 0 Å². The van der Waals surface area contributed by atoms with E-state index in [1.165, 1.54) is 11.1 Å². The Kier molecular flexibility index (Phi) is 2.56. The summed E-state index contributed by atoms with van der Waals surface area (Å²) >= 11 is 0. The maximum atomic E-state index is 9.59. The Morgan fingerprint density at radius 1 is 1.29 bits per heavy atom. The van der Waals surface area contributed by atoms with Crippen molar-refractivity contribution >= 4 is 10.6 Å². The van der Waals surface area contributed by atoms with Crippen LogP contribution >= 0.6 is 10.6 Å². The van der Waals surface area contributed by atoms with Crippen LogP contribution in [0.3, 0.4) is 0 Å². The molecule has 0 unspecified atom stereocenters. The predicted molar refractivity (Wildman–Crippen MR) is 60.9 cm³/mol. The van der Waals surface area contributed by atoms with Gasteiger partial charge in [-0.25, -0.2) is 0 Å². The lowest BCUT2D eigenvalue weighted by Gasteiger charge is -2.37. The molecule has 0 fully saturated rings. The Bertz CT molecular complexity index is 347. The van der Waals surface area contributed by atoms with Gasteiger partial charge in [0.1, 0.15) is 0 Å². The summed E-state index contributed by atoms with van der Waals surface area (Å²) in [5, 5.41) is 0. The van der Waals surface area contributed by atoms with Crippen molar-refractivity contribution in [1.82, 2.24) is 0 Å². The van der Waals surface area contributed by atoms with E-state index in [9.17, 15) is 9.11 Å². The molecule has 3 heteroatoms. The van der Waals surface area contributed by atoms with Crippen molar-refractivity contribution in [2.45, 2.75) is 25.5 Å². The Hall–Kier alpha value is -0.510. The van der Waals surface area contributed by atoms with E-state index in [1.54, 1.807) is 0 Å². The number of hydrogen-bond donors (Lipinski definition) is 2. The lowest BCUT2D eigenvalue weighted by molar-refractivity contribution is 0.482. The summed E-state index contributed by atoms with van der Waals surface area (Å²) in [6.45, 7) is 2.14. The van der Waals surface area contributed by atoms with Crippen LogP contribution in [-0.4, -0.2) is 14.9 Å². The van der Waals surface area contributed by atoms with Gasteiger partial charge in [-0.2, -0.15) is 10.6 Å². The highest BCUT2D eigenvalue weighted by Gasteiger charge is 2.21. The highest BCUT2D eigenvalue weighted by Crippen LogP contribution is 2.47. The molecular formula is C11H16O2S. The fourth-order valence-corrected chi connectivity index (χ4v) is 3.34. The van der Waals surface area contributed by atoms with Gasteiger partial charge in [0, 0.05) is 5.75 Å². The fraction of sp³-hybridized carbons (Fsp3) is 0.455. The summed E-state index contributed by atoms with van der Waals surface area (Å²) in [6.07, 6.45) is 1.86. The van der Waals surface area contributed by atoms with Crippen LogP contribution in [-0.2, 0) is 18.6 Å². The van der Waals surface area contributed by atoms with Crippen molar-refractivity contribution in [3.05, 3.63) is 34.9 Å². The van der Waals surface area contributed by atoms with Crippen LogP contribution in [0.1, 0.15) is 23.6 Å². The van der Waals surface area contributed by atoms with E-state index < -0.39 is 10.6 Å². The molecule has 0 spiro atoms. The van der Waals surface area contributed by atoms with Gasteiger partial charge >= 0.3 is 0 Å². The third-order valence-corrected chi connectivity index (χ3v) is 4.40.